The summed E-state index contributed by atoms with van der Waals surface area (Å²) in [7, 11) is 0. The van der Waals surface area contributed by atoms with Crippen LogP contribution in [-0.2, 0) is 24.2 Å². The molecule has 0 fully saturated rings. The lowest BCUT2D eigenvalue weighted by molar-refractivity contribution is -0.116. The molecule has 3 aromatic rings. The van der Waals surface area contributed by atoms with Gasteiger partial charge in [0.15, 0.2) is 4.77 Å². The van der Waals surface area contributed by atoms with Crippen LogP contribution in [0.15, 0.2) is 41.8 Å². The molecule has 0 aliphatic heterocycles. The van der Waals surface area contributed by atoms with Crippen molar-refractivity contribution >= 4 is 41.1 Å². The molecule has 7 nitrogen and oxygen atoms in total. The van der Waals surface area contributed by atoms with E-state index in [1.165, 1.54) is 4.88 Å². The Balaban J connectivity index is 1.47. The van der Waals surface area contributed by atoms with Crippen LogP contribution in [0.3, 0.4) is 0 Å². The highest BCUT2D eigenvalue weighted by Gasteiger charge is 2.10. The Morgan fingerprint density at radius 2 is 2.10 bits per heavy atom. The summed E-state index contributed by atoms with van der Waals surface area (Å²) < 4.78 is 2.48. The lowest BCUT2D eigenvalue weighted by atomic mass is 10.1. The molecular formula is C21H25N5O2S2. The molecular weight excluding hydrogens is 418 g/mol. The van der Waals surface area contributed by atoms with E-state index in [1.54, 1.807) is 35.6 Å². The van der Waals surface area contributed by atoms with Crippen LogP contribution in [0.2, 0.25) is 0 Å². The Hall–Kier alpha value is -2.78. The zero-order valence-electron chi connectivity index (χ0n) is 16.8. The number of H-pyrrole nitrogens is 1. The zero-order chi connectivity index (χ0) is 21.3. The number of aromatic nitrogens is 3. The van der Waals surface area contributed by atoms with Crippen molar-refractivity contribution in [2.75, 3.05) is 11.9 Å². The molecule has 0 spiro atoms. The SMILES string of the molecule is CCn1c(CCNC(=O)c2cccc(NC(=O)CCCc3cccs3)c2)n[nH]c1=S. The van der Waals surface area contributed by atoms with Crippen LogP contribution in [0.25, 0.3) is 0 Å². The molecule has 9 heteroatoms. The van der Waals surface area contributed by atoms with Gasteiger partial charge in [0, 0.05) is 42.1 Å². The predicted molar refractivity (Wildman–Crippen MR) is 121 cm³/mol. The number of aryl methyl sites for hydroxylation is 1. The number of amides is 2. The molecule has 2 amide bonds. The first kappa shape index (κ1) is 21.9. The Kier molecular flexibility index (Phi) is 7.92. The highest BCUT2D eigenvalue weighted by Crippen LogP contribution is 2.14. The molecule has 0 aliphatic rings. The topological polar surface area (TPSA) is 91.8 Å². The fourth-order valence-corrected chi connectivity index (χ4v) is 4.13. The average molecular weight is 444 g/mol. The van der Waals surface area contributed by atoms with Gasteiger partial charge in [-0.2, -0.15) is 5.10 Å². The van der Waals surface area contributed by atoms with E-state index in [2.05, 4.69) is 26.9 Å². The zero-order valence-corrected chi connectivity index (χ0v) is 18.4. The number of hydrogen-bond donors (Lipinski definition) is 3. The average Bonchev–Trinajstić information content (AvgIpc) is 3.37. The van der Waals surface area contributed by atoms with Crippen molar-refractivity contribution in [3.05, 3.63) is 62.8 Å². The number of carbonyl (C=O) groups is 2. The molecule has 2 heterocycles. The third-order valence-corrected chi connectivity index (χ3v) is 5.85. The van der Waals surface area contributed by atoms with E-state index in [4.69, 9.17) is 12.2 Å². The number of anilines is 1. The maximum absolute atomic E-state index is 12.5. The van der Waals surface area contributed by atoms with E-state index in [9.17, 15) is 9.59 Å². The second kappa shape index (κ2) is 10.8. The van der Waals surface area contributed by atoms with Gasteiger partial charge in [0.25, 0.3) is 5.91 Å². The van der Waals surface area contributed by atoms with E-state index in [-0.39, 0.29) is 11.8 Å². The molecule has 3 N–H and O–H groups in total. The van der Waals surface area contributed by atoms with Crippen LogP contribution in [-0.4, -0.2) is 33.1 Å². The minimum absolute atomic E-state index is 0.0496. The third kappa shape index (κ3) is 6.11. The molecule has 0 saturated carbocycles. The molecule has 1 aromatic carbocycles. The maximum atomic E-state index is 12.5. The van der Waals surface area contributed by atoms with Crippen molar-refractivity contribution in [1.29, 1.82) is 0 Å². The lowest BCUT2D eigenvalue weighted by Gasteiger charge is -2.09. The van der Waals surface area contributed by atoms with E-state index in [1.807, 2.05) is 22.9 Å². The van der Waals surface area contributed by atoms with E-state index in [0.717, 1.165) is 25.2 Å². The molecule has 0 unspecified atom stereocenters. The molecule has 0 atom stereocenters. The Bertz CT molecular complexity index is 1040. The number of benzene rings is 1. The summed E-state index contributed by atoms with van der Waals surface area (Å²) in [6, 6.07) is 11.1. The summed E-state index contributed by atoms with van der Waals surface area (Å²) in [5.41, 5.74) is 1.12. The maximum Gasteiger partial charge on any atom is 0.251 e. The van der Waals surface area contributed by atoms with Crippen LogP contribution in [0.4, 0.5) is 5.69 Å². The number of nitrogens with zero attached hydrogens (tertiary/aromatic N) is 2. The van der Waals surface area contributed by atoms with Gasteiger partial charge in [-0.05, 0) is 61.6 Å². The van der Waals surface area contributed by atoms with E-state index >= 15 is 0 Å². The second-order valence-corrected chi connectivity index (χ2v) is 8.18. The number of rotatable bonds is 10. The molecule has 0 aliphatic carbocycles. The Morgan fingerprint density at radius 3 is 2.87 bits per heavy atom. The van der Waals surface area contributed by atoms with Crippen LogP contribution in [0.1, 0.15) is 40.8 Å². The van der Waals surface area contributed by atoms with E-state index in [0.29, 0.717) is 35.4 Å². The Labute approximate surface area is 184 Å². The summed E-state index contributed by atoms with van der Waals surface area (Å²) in [4.78, 5) is 25.9. The van der Waals surface area contributed by atoms with Crippen molar-refractivity contribution in [1.82, 2.24) is 20.1 Å². The summed E-state index contributed by atoms with van der Waals surface area (Å²) in [5.74, 6) is 0.568. The van der Waals surface area contributed by atoms with Gasteiger partial charge in [0.2, 0.25) is 5.91 Å². The van der Waals surface area contributed by atoms with Gasteiger partial charge in [0.05, 0.1) is 0 Å². The van der Waals surface area contributed by atoms with Crippen LogP contribution >= 0.6 is 23.6 Å². The van der Waals surface area contributed by atoms with Crippen LogP contribution < -0.4 is 10.6 Å². The van der Waals surface area contributed by atoms with Crippen molar-refractivity contribution < 1.29 is 9.59 Å². The molecule has 3 rings (SSSR count). The standard InChI is InChI=1S/C21H25N5O2S2/c1-2-26-18(24-25-21(26)29)11-12-22-20(28)15-6-3-7-16(14-15)23-19(27)10-4-8-17-9-5-13-30-17/h3,5-7,9,13-14H,2,4,8,10-12H2,1H3,(H,22,28)(H,23,27)(H,25,29). The number of thiophene rings is 1. The smallest absolute Gasteiger partial charge is 0.251 e. The molecule has 0 saturated heterocycles. The number of aromatic amines is 1. The van der Waals surface area contributed by atoms with Crippen LogP contribution in [0, 0.1) is 4.77 Å². The largest absolute Gasteiger partial charge is 0.352 e. The van der Waals surface area contributed by atoms with Crippen molar-refractivity contribution in [2.45, 2.75) is 39.2 Å². The normalized spacial score (nSPS) is 10.7. The van der Waals surface area contributed by atoms with Gasteiger partial charge in [-0.25, -0.2) is 0 Å². The third-order valence-electron chi connectivity index (χ3n) is 4.60. The highest BCUT2D eigenvalue weighted by molar-refractivity contribution is 7.71. The summed E-state index contributed by atoms with van der Waals surface area (Å²) in [6.07, 6.45) is 2.71. The highest BCUT2D eigenvalue weighted by atomic mass is 32.1. The lowest BCUT2D eigenvalue weighted by Crippen LogP contribution is -2.26. The number of nitrogens with one attached hydrogen (secondary N) is 3. The molecule has 0 bridgehead atoms. The molecule has 0 radical (unpaired) electrons. The second-order valence-electron chi connectivity index (χ2n) is 6.76. The minimum Gasteiger partial charge on any atom is -0.352 e. The quantitative estimate of drug-likeness (QED) is 0.414. The summed E-state index contributed by atoms with van der Waals surface area (Å²) >= 11 is 6.87. The molecule has 158 valence electrons. The number of hydrogen-bond acceptors (Lipinski definition) is 5. The number of carbonyl (C=O) groups excluding carboxylic acids is 2. The first-order valence-electron chi connectivity index (χ1n) is 9.91. The van der Waals surface area contributed by atoms with E-state index < -0.39 is 0 Å². The summed E-state index contributed by atoms with van der Waals surface area (Å²) in [6.45, 7) is 3.17. The fraction of sp³-hybridized carbons (Fsp3) is 0.333. The monoisotopic (exact) mass is 443 g/mol. The van der Waals surface area contributed by atoms with Crippen molar-refractivity contribution in [2.24, 2.45) is 0 Å². The van der Waals surface area contributed by atoms with Crippen LogP contribution in [0.5, 0.6) is 0 Å². The van der Waals surface area contributed by atoms with Crippen molar-refractivity contribution in [3.63, 3.8) is 0 Å². The molecule has 2 aromatic heterocycles. The first-order valence-corrected chi connectivity index (χ1v) is 11.2. The van der Waals surface area contributed by atoms with Gasteiger partial charge in [0.1, 0.15) is 5.82 Å². The minimum atomic E-state index is -0.194. The fourth-order valence-electron chi connectivity index (χ4n) is 3.10. The van der Waals surface area contributed by atoms with Gasteiger partial charge in [-0.3, -0.25) is 14.7 Å². The Morgan fingerprint density at radius 1 is 1.23 bits per heavy atom. The molecule has 30 heavy (non-hydrogen) atoms. The van der Waals surface area contributed by atoms with Gasteiger partial charge in [-0.1, -0.05) is 12.1 Å². The van der Waals surface area contributed by atoms with Gasteiger partial charge < -0.3 is 15.2 Å². The van der Waals surface area contributed by atoms with Gasteiger partial charge in [-0.15, -0.1) is 11.3 Å². The first-order chi connectivity index (χ1) is 14.6. The predicted octanol–water partition coefficient (Wildman–Crippen LogP) is 3.96. The summed E-state index contributed by atoms with van der Waals surface area (Å²) in [5, 5.41) is 14.8. The van der Waals surface area contributed by atoms with Gasteiger partial charge >= 0.3 is 0 Å². The van der Waals surface area contributed by atoms with Crippen molar-refractivity contribution in [3.8, 4) is 0 Å².